The number of nitrogen functional groups attached to an aromatic ring is 2. The first-order valence-electron chi connectivity index (χ1n) is 11.6. The minimum Gasteiger partial charge on any atom is -0.493 e. The van der Waals surface area contributed by atoms with Crippen molar-refractivity contribution >= 4 is 34.7 Å². The van der Waals surface area contributed by atoms with E-state index in [4.69, 9.17) is 25.9 Å². The van der Waals surface area contributed by atoms with Crippen molar-refractivity contribution in [2.24, 2.45) is 0 Å². The molecular weight excluding hydrogens is 482 g/mol. The van der Waals surface area contributed by atoms with Crippen molar-refractivity contribution in [2.75, 3.05) is 65.0 Å². The van der Waals surface area contributed by atoms with Crippen LogP contribution in [0.1, 0.15) is 22.7 Å². The molecule has 0 aliphatic carbocycles. The molecule has 0 radical (unpaired) electrons. The van der Waals surface area contributed by atoms with Gasteiger partial charge in [-0.05, 0) is 39.1 Å². The Kier molecular flexibility index (Phi) is 8.32. The number of ether oxygens (including phenoxy) is 2. The van der Waals surface area contributed by atoms with Gasteiger partial charge >= 0.3 is 0 Å². The van der Waals surface area contributed by atoms with E-state index in [1.807, 2.05) is 18.2 Å². The lowest BCUT2D eigenvalue weighted by Gasteiger charge is -2.32. The molecule has 1 atom stereocenters. The van der Waals surface area contributed by atoms with E-state index >= 15 is 0 Å². The number of hydrogen-bond acceptors (Lipinski definition) is 11. The van der Waals surface area contributed by atoms with Gasteiger partial charge in [0.05, 0.1) is 18.1 Å². The number of thiazole rings is 1. The van der Waals surface area contributed by atoms with Crippen molar-refractivity contribution in [3.05, 3.63) is 34.8 Å². The molecule has 3 aromatic rings. The average molecular weight is 516 g/mol. The Morgan fingerprint density at radius 3 is 2.46 bits per heavy atom. The summed E-state index contributed by atoms with van der Waals surface area (Å²) in [5.74, 6) is 2.18. The maximum Gasteiger partial charge on any atom is 0.192 e. The molecule has 2 aromatic heterocycles. The van der Waals surface area contributed by atoms with Crippen LogP contribution in [0.2, 0.25) is 0 Å². The number of benzene rings is 1. The zero-order valence-corrected chi connectivity index (χ0v) is 22.3. The van der Waals surface area contributed by atoms with E-state index in [9.17, 15) is 0 Å². The van der Waals surface area contributed by atoms with Crippen LogP contribution in [0.25, 0.3) is 10.6 Å². The largest absolute Gasteiger partial charge is 0.493 e. The van der Waals surface area contributed by atoms with Gasteiger partial charge in [0.25, 0.3) is 0 Å². The third-order valence-electron chi connectivity index (χ3n) is 5.92. The normalized spacial score (nSPS) is 15.8. The van der Waals surface area contributed by atoms with Crippen molar-refractivity contribution < 1.29 is 9.47 Å². The molecule has 4 rings (SSSR count). The molecule has 3 heterocycles. The first kappa shape index (κ1) is 25.5. The van der Waals surface area contributed by atoms with Gasteiger partial charge in [-0.1, -0.05) is 11.8 Å². The fourth-order valence-corrected chi connectivity index (χ4v) is 5.97. The van der Waals surface area contributed by atoms with E-state index in [1.165, 1.54) is 11.8 Å². The first-order chi connectivity index (χ1) is 16.8. The summed E-state index contributed by atoms with van der Waals surface area (Å²) in [5, 5.41) is 1.52. The van der Waals surface area contributed by atoms with Gasteiger partial charge in [-0.25, -0.2) is 15.0 Å². The monoisotopic (exact) mass is 515 g/mol. The Morgan fingerprint density at radius 2 is 1.77 bits per heavy atom. The second kappa shape index (κ2) is 11.4. The number of rotatable bonds is 9. The number of likely N-dealkylation sites (N-methyl/N-ethyl adjacent to an activating group) is 1. The molecule has 0 spiro atoms. The molecule has 0 saturated carbocycles. The molecule has 4 N–H and O–H groups in total. The van der Waals surface area contributed by atoms with Crippen LogP contribution in [0.15, 0.2) is 29.4 Å². The smallest absolute Gasteiger partial charge is 0.192 e. The van der Waals surface area contributed by atoms with Crippen molar-refractivity contribution in [2.45, 2.75) is 24.3 Å². The van der Waals surface area contributed by atoms with Crippen LogP contribution in [0.5, 0.6) is 11.5 Å². The van der Waals surface area contributed by atoms with Crippen LogP contribution in [-0.4, -0.2) is 78.2 Å². The topological polar surface area (TPSA) is 116 Å². The standard InChI is InChI=1S/C24H33N7O2S2/c1-15-22(16(2)35-24-27-20(25)14-21(26)28-24)29-23(34-15)17-5-6-18(32-4)19(13-17)33-12-11-31-9-7-30(3)8-10-31/h5-6,13-14,16H,7-12H2,1-4H3,(H4,25,26,27,28). The molecular formula is C24H33N7O2S2. The molecule has 188 valence electrons. The molecule has 11 heteroatoms. The zero-order valence-electron chi connectivity index (χ0n) is 20.7. The number of methoxy groups -OCH3 is 1. The predicted octanol–water partition coefficient (Wildman–Crippen LogP) is 3.56. The van der Waals surface area contributed by atoms with Gasteiger partial charge in [0, 0.05) is 49.2 Å². The number of hydrogen-bond donors (Lipinski definition) is 2. The lowest BCUT2D eigenvalue weighted by atomic mass is 10.2. The quantitative estimate of drug-likeness (QED) is 0.324. The van der Waals surface area contributed by atoms with Crippen molar-refractivity contribution in [3.8, 4) is 22.1 Å². The van der Waals surface area contributed by atoms with Gasteiger partial charge in [-0.2, -0.15) is 0 Å². The third-order valence-corrected chi connectivity index (χ3v) is 7.92. The van der Waals surface area contributed by atoms with Crippen molar-refractivity contribution in [1.82, 2.24) is 24.8 Å². The molecule has 1 aliphatic heterocycles. The molecule has 1 unspecified atom stereocenters. The number of thioether (sulfide) groups is 1. The second-order valence-electron chi connectivity index (χ2n) is 8.58. The van der Waals surface area contributed by atoms with Crippen LogP contribution >= 0.6 is 23.1 Å². The van der Waals surface area contributed by atoms with E-state index in [-0.39, 0.29) is 5.25 Å². The molecule has 0 bridgehead atoms. The summed E-state index contributed by atoms with van der Waals surface area (Å²) >= 11 is 3.15. The Bertz CT molecular complexity index is 1130. The van der Waals surface area contributed by atoms with E-state index < -0.39 is 0 Å². The fourth-order valence-electron chi connectivity index (χ4n) is 3.92. The van der Waals surface area contributed by atoms with Crippen LogP contribution in [-0.2, 0) is 0 Å². The Morgan fingerprint density at radius 1 is 1.06 bits per heavy atom. The Labute approximate surface area is 214 Å². The van der Waals surface area contributed by atoms with Crippen LogP contribution in [0.3, 0.4) is 0 Å². The molecule has 1 saturated heterocycles. The molecule has 0 amide bonds. The highest BCUT2D eigenvalue weighted by molar-refractivity contribution is 7.99. The minimum absolute atomic E-state index is 0.0405. The molecule has 1 fully saturated rings. The van der Waals surface area contributed by atoms with Gasteiger partial charge in [0.2, 0.25) is 0 Å². The summed E-state index contributed by atoms with van der Waals surface area (Å²) < 4.78 is 11.7. The van der Waals surface area contributed by atoms with E-state index in [0.717, 1.165) is 65.4 Å². The molecule has 1 aliphatic rings. The number of piperazine rings is 1. The number of anilines is 2. The zero-order chi connectivity index (χ0) is 24.9. The number of nitrogens with two attached hydrogens (primary N) is 2. The Hall–Kier alpha value is -2.60. The molecule has 35 heavy (non-hydrogen) atoms. The highest BCUT2D eigenvalue weighted by Gasteiger charge is 2.20. The maximum absolute atomic E-state index is 6.16. The van der Waals surface area contributed by atoms with Gasteiger partial charge in [-0.15, -0.1) is 11.3 Å². The highest BCUT2D eigenvalue weighted by atomic mass is 32.2. The van der Waals surface area contributed by atoms with Crippen LogP contribution in [0.4, 0.5) is 11.6 Å². The summed E-state index contributed by atoms with van der Waals surface area (Å²) in [6, 6.07) is 7.53. The average Bonchev–Trinajstić information content (AvgIpc) is 3.21. The second-order valence-corrected chi connectivity index (χ2v) is 11.1. The highest BCUT2D eigenvalue weighted by Crippen LogP contribution is 2.40. The van der Waals surface area contributed by atoms with Gasteiger partial charge in [0.15, 0.2) is 16.7 Å². The first-order valence-corrected chi connectivity index (χ1v) is 13.3. The van der Waals surface area contributed by atoms with Gasteiger partial charge in [0.1, 0.15) is 23.3 Å². The molecule has 1 aromatic carbocycles. The summed E-state index contributed by atoms with van der Waals surface area (Å²) in [6.07, 6.45) is 0. The maximum atomic E-state index is 6.16. The van der Waals surface area contributed by atoms with E-state index in [0.29, 0.717) is 23.4 Å². The summed E-state index contributed by atoms with van der Waals surface area (Å²) in [4.78, 5) is 19.4. The lowest BCUT2D eigenvalue weighted by molar-refractivity contribution is 0.133. The number of aromatic nitrogens is 3. The fraction of sp³-hybridized carbons (Fsp3) is 0.458. The Balaban J connectivity index is 1.46. The predicted molar refractivity (Wildman–Crippen MR) is 143 cm³/mol. The van der Waals surface area contributed by atoms with Gasteiger partial charge in [-0.3, -0.25) is 4.90 Å². The summed E-state index contributed by atoms with van der Waals surface area (Å²) in [6.45, 7) is 10.0. The number of nitrogens with zero attached hydrogens (tertiary/aromatic N) is 5. The van der Waals surface area contributed by atoms with E-state index in [1.54, 1.807) is 24.5 Å². The van der Waals surface area contributed by atoms with Crippen LogP contribution in [0, 0.1) is 6.92 Å². The summed E-state index contributed by atoms with van der Waals surface area (Å²) in [5.41, 5.74) is 13.6. The van der Waals surface area contributed by atoms with Crippen molar-refractivity contribution in [3.63, 3.8) is 0 Å². The molecule has 9 nitrogen and oxygen atoms in total. The van der Waals surface area contributed by atoms with Crippen LogP contribution < -0.4 is 20.9 Å². The van der Waals surface area contributed by atoms with Gasteiger partial charge < -0.3 is 25.8 Å². The summed E-state index contributed by atoms with van der Waals surface area (Å²) in [7, 11) is 3.83. The lowest BCUT2D eigenvalue weighted by Crippen LogP contribution is -2.45. The number of aryl methyl sites for hydroxylation is 1. The van der Waals surface area contributed by atoms with Crippen molar-refractivity contribution in [1.29, 1.82) is 0 Å². The SMILES string of the molecule is COc1ccc(-c2nc(C(C)Sc3nc(N)cc(N)n3)c(C)s2)cc1OCCN1CCN(C)CC1. The third kappa shape index (κ3) is 6.54. The minimum atomic E-state index is 0.0405. The van der Waals surface area contributed by atoms with E-state index in [2.05, 4.69) is 40.7 Å².